The normalized spacial score (nSPS) is 35.8. The third kappa shape index (κ3) is 4.15. The Morgan fingerprint density at radius 1 is 1.21 bits per heavy atom. The summed E-state index contributed by atoms with van der Waals surface area (Å²) in [6, 6.07) is 6.26. The number of carboxylic acid groups (broad SMARTS) is 1. The van der Waals surface area contributed by atoms with Crippen LogP contribution in [0.3, 0.4) is 0 Å². The molecule has 5 aliphatic rings. The second-order valence-electron chi connectivity index (χ2n) is 11.8. The number of aromatic nitrogens is 1. The molecule has 9 atom stereocenters. The highest BCUT2D eigenvalue weighted by Crippen LogP contribution is 2.58. The topological polar surface area (TPSA) is 119 Å². The molecule has 1 aromatic carbocycles. The van der Waals surface area contributed by atoms with Crippen LogP contribution in [-0.4, -0.2) is 52.8 Å². The Hall–Kier alpha value is -2.46. The van der Waals surface area contributed by atoms with E-state index in [4.69, 9.17) is 19.2 Å². The molecule has 4 aliphatic heterocycles. The summed E-state index contributed by atoms with van der Waals surface area (Å²) >= 11 is 0. The van der Waals surface area contributed by atoms with Crippen molar-refractivity contribution in [1.29, 1.82) is 0 Å². The van der Waals surface area contributed by atoms with Crippen LogP contribution in [0.15, 0.2) is 24.4 Å². The van der Waals surface area contributed by atoms with Crippen molar-refractivity contribution in [3.63, 3.8) is 0 Å². The molecule has 3 N–H and O–H groups in total. The number of rotatable bonds is 7. The molecule has 9 unspecified atom stereocenters. The molecule has 38 heavy (non-hydrogen) atoms. The standard InChI is InChI=1S/C29H38N2O7/c1-15-7-9-20-18(14-31-22(20)13-15)11-12-30-26(32)17(3)24(27(33)34)25-16(2)21-6-4-5-19-8-10-23-35-28(36-25)29(19,21)38-37-23/h7,9,13-14,16-17,19,21,23-25,28,31H,4-6,8,10-12H2,1-3H3,(H,30,32)(H,33,34). The first-order valence-corrected chi connectivity index (χ1v) is 14.0. The fourth-order valence-electron chi connectivity index (χ4n) is 7.61. The Morgan fingerprint density at radius 2 is 2.05 bits per heavy atom. The van der Waals surface area contributed by atoms with E-state index in [-0.39, 0.29) is 23.7 Å². The van der Waals surface area contributed by atoms with Crippen molar-refractivity contribution >= 4 is 22.8 Å². The van der Waals surface area contributed by atoms with Gasteiger partial charge in [-0.1, -0.05) is 32.4 Å². The number of hydrogen-bond donors (Lipinski definition) is 3. The Kier molecular flexibility index (Phi) is 6.74. The molecule has 2 aromatic rings. The summed E-state index contributed by atoms with van der Waals surface area (Å²) in [6.07, 6.45) is 5.37. The fraction of sp³-hybridized carbons (Fsp3) is 0.655. The number of aryl methyl sites for hydroxylation is 1. The van der Waals surface area contributed by atoms with Gasteiger partial charge in [0.1, 0.15) is 0 Å². The number of fused-ring (bicyclic) bond motifs is 3. The van der Waals surface area contributed by atoms with Crippen LogP contribution in [0.2, 0.25) is 0 Å². The molecular weight excluding hydrogens is 488 g/mol. The van der Waals surface area contributed by atoms with Crippen LogP contribution in [0.1, 0.15) is 57.1 Å². The SMILES string of the molecule is Cc1ccc2c(CCNC(=O)C(C)C(C(=O)O)C3OC4OC5CCC6CCCC(C3C)C64OO5)c[nH]c2c1. The van der Waals surface area contributed by atoms with Crippen molar-refractivity contribution in [1.82, 2.24) is 10.3 Å². The van der Waals surface area contributed by atoms with E-state index in [9.17, 15) is 14.7 Å². The van der Waals surface area contributed by atoms with Crippen molar-refractivity contribution in [2.45, 2.75) is 83.6 Å². The van der Waals surface area contributed by atoms with Gasteiger partial charge in [-0.3, -0.25) is 9.59 Å². The van der Waals surface area contributed by atoms with Gasteiger partial charge in [-0.15, -0.1) is 0 Å². The largest absolute Gasteiger partial charge is 0.481 e. The minimum Gasteiger partial charge on any atom is -0.481 e. The second-order valence-corrected chi connectivity index (χ2v) is 11.8. The van der Waals surface area contributed by atoms with E-state index in [2.05, 4.69) is 35.4 Å². The van der Waals surface area contributed by atoms with Crippen LogP contribution in [-0.2, 0) is 35.3 Å². The highest BCUT2D eigenvalue weighted by atomic mass is 17.2. The molecule has 1 spiro atoms. The monoisotopic (exact) mass is 526 g/mol. The number of benzene rings is 1. The third-order valence-electron chi connectivity index (χ3n) is 9.62. The molecule has 206 valence electrons. The number of carbonyl (C=O) groups excluding carboxylic acids is 1. The van der Waals surface area contributed by atoms with Crippen LogP contribution in [0.5, 0.6) is 0 Å². The van der Waals surface area contributed by atoms with Crippen LogP contribution in [0, 0.1) is 36.5 Å². The van der Waals surface area contributed by atoms with E-state index in [1.54, 1.807) is 6.92 Å². The molecule has 1 aliphatic carbocycles. The minimum atomic E-state index is -1.03. The third-order valence-corrected chi connectivity index (χ3v) is 9.62. The average Bonchev–Trinajstić information content (AvgIpc) is 3.10. The summed E-state index contributed by atoms with van der Waals surface area (Å²) in [5, 5.41) is 14.4. The fourth-order valence-corrected chi connectivity index (χ4v) is 7.61. The van der Waals surface area contributed by atoms with E-state index < -0.39 is 42.1 Å². The van der Waals surface area contributed by atoms with Gasteiger partial charge in [-0.2, -0.15) is 0 Å². The molecule has 4 saturated heterocycles. The molecule has 1 aromatic heterocycles. The van der Waals surface area contributed by atoms with Gasteiger partial charge in [0, 0.05) is 36.0 Å². The Balaban J connectivity index is 1.16. The number of aromatic amines is 1. The lowest BCUT2D eigenvalue weighted by atomic mass is 9.59. The van der Waals surface area contributed by atoms with Gasteiger partial charge >= 0.3 is 5.97 Å². The zero-order chi connectivity index (χ0) is 26.6. The highest BCUT2D eigenvalue weighted by Gasteiger charge is 2.67. The van der Waals surface area contributed by atoms with Crippen LogP contribution in [0.4, 0.5) is 0 Å². The van der Waals surface area contributed by atoms with E-state index in [1.807, 2.05) is 13.1 Å². The van der Waals surface area contributed by atoms with Crippen molar-refractivity contribution in [2.75, 3.05) is 6.54 Å². The lowest BCUT2D eigenvalue weighted by molar-refractivity contribution is -0.543. The second kappa shape index (κ2) is 9.93. The van der Waals surface area contributed by atoms with Gasteiger partial charge in [-0.25, -0.2) is 9.78 Å². The smallest absolute Gasteiger partial charge is 0.309 e. The van der Waals surface area contributed by atoms with Crippen molar-refractivity contribution in [2.24, 2.45) is 29.6 Å². The van der Waals surface area contributed by atoms with Crippen molar-refractivity contribution in [3.8, 4) is 0 Å². The number of carbonyl (C=O) groups is 2. The molecule has 7 rings (SSSR count). The number of nitrogens with one attached hydrogen (secondary N) is 2. The van der Waals surface area contributed by atoms with Crippen LogP contribution >= 0.6 is 0 Å². The zero-order valence-corrected chi connectivity index (χ0v) is 22.3. The van der Waals surface area contributed by atoms with Gasteiger partial charge in [-0.05, 0) is 61.6 Å². The molecule has 0 radical (unpaired) electrons. The Bertz CT molecular complexity index is 1210. The quantitative estimate of drug-likeness (QED) is 0.465. The maximum atomic E-state index is 13.2. The predicted molar refractivity (Wildman–Crippen MR) is 138 cm³/mol. The van der Waals surface area contributed by atoms with E-state index in [0.717, 1.165) is 48.6 Å². The first-order valence-electron chi connectivity index (χ1n) is 14.0. The summed E-state index contributed by atoms with van der Waals surface area (Å²) in [4.78, 5) is 40.8. The molecule has 1 amide bonds. The molecule has 9 heteroatoms. The van der Waals surface area contributed by atoms with Gasteiger partial charge < -0.3 is 24.9 Å². The first-order chi connectivity index (χ1) is 18.3. The van der Waals surface area contributed by atoms with Gasteiger partial charge in [0.05, 0.1) is 17.9 Å². The molecule has 1 saturated carbocycles. The number of ether oxygens (including phenoxy) is 2. The zero-order valence-electron chi connectivity index (χ0n) is 22.3. The maximum Gasteiger partial charge on any atom is 0.309 e. The van der Waals surface area contributed by atoms with Gasteiger partial charge in [0.2, 0.25) is 5.91 Å². The van der Waals surface area contributed by atoms with E-state index in [1.165, 1.54) is 5.56 Å². The minimum absolute atomic E-state index is 0.0340. The van der Waals surface area contributed by atoms with Crippen molar-refractivity contribution < 1.29 is 33.9 Å². The maximum absolute atomic E-state index is 13.2. The van der Waals surface area contributed by atoms with Crippen LogP contribution < -0.4 is 5.32 Å². The number of amides is 1. The molecule has 2 bridgehead atoms. The van der Waals surface area contributed by atoms with Crippen molar-refractivity contribution in [3.05, 3.63) is 35.5 Å². The lowest BCUT2D eigenvalue weighted by Gasteiger charge is -2.59. The predicted octanol–water partition coefficient (Wildman–Crippen LogP) is 4.09. The summed E-state index contributed by atoms with van der Waals surface area (Å²) in [5.74, 6) is -2.96. The number of aliphatic carboxylic acids is 1. The van der Waals surface area contributed by atoms with E-state index >= 15 is 0 Å². The summed E-state index contributed by atoms with van der Waals surface area (Å²) < 4.78 is 12.6. The summed E-state index contributed by atoms with van der Waals surface area (Å²) in [7, 11) is 0. The Morgan fingerprint density at radius 3 is 2.87 bits per heavy atom. The number of carboxylic acids is 1. The summed E-state index contributed by atoms with van der Waals surface area (Å²) in [5.41, 5.74) is 2.66. The number of hydrogen-bond acceptors (Lipinski definition) is 6. The van der Waals surface area contributed by atoms with Crippen LogP contribution in [0.25, 0.3) is 10.9 Å². The molecular formula is C29H38N2O7. The number of H-pyrrole nitrogens is 1. The molecule has 5 heterocycles. The van der Waals surface area contributed by atoms with E-state index in [0.29, 0.717) is 13.0 Å². The van der Waals surface area contributed by atoms with Gasteiger partial charge in [0.15, 0.2) is 18.2 Å². The Labute approximate surface area is 222 Å². The van der Waals surface area contributed by atoms with Gasteiger partial charge in [0.25, 0.3) is 0 Å². The molecule has 5 fully saturated rings. The highest BCUT2D eigenvalue weighted by molar-refractivity contribution is 5.85. The molecule has 9 nitrogen and oxygen atoms in total. The first kappa shape index (κ1) is 25.8. The lowest BCUT2D eigenvalue weighted by Crippen LogP contribution is -2.69. The average molecular weight is 527 g/mol. The summed E-state index contributed by atoms with van der Waals surface area (Å²) in [6.45, 7) is 6.19.